The van der Waals surface area contributed by atoms with E-state index in [1.807, 2.05) is 0 Å². The van der Waals surface area contributed by atoms with Crippen LogP contribution in [0.5, 0.6) is 0 Å². The zero-order valence-corrected chi connectivity index (χ0v) is 10.4. The van der Waals surface area contributed by atoms with E-state index in [4.69, 9.17) is 9.84 Å². The van der Waals surface area contributed by atoms with Gasteiger partial charge in [-0.15, -0.1) is 0 Å². The number of aromatic carboxylic acids is 1. The number of H-pyrrole nitrogens is 1. The summed E-state index contributed by atoms with van der Waals surface area (Å²) in [5, 5.41) is 15.6. The van der Waals surface area contributed by atoms with E-state index in [1.54, 1.807) is 4.90 Å². The monoisotopic (exact) mass is 265 g/mol. The van der Waals surface area contributed by atoms with Crippen LogP contribution in [0.3, 0.4) is 0 Å². The van der Waals surface area contributed by atoms with Gasteiger partial charge in [-0.1, -0.05) is 0 Å². The first-order valence-electron chi connectivity index (χ1n) is 6.36. The molecule has 1 fully saturated rings. The lowest BCUT2D eigenvalue weighted by atomic mass is 10.0. The summed E-state index contributed by atoms with van der Waals surface area (Å²) in [5.41, 5.74) is 1.44. The number of rotatable bonds is 2. The van der Waals surface area contributed by atoms with Gasteiger partial charge < -0.3 is 14.7 Å². The number of carbonyl (C=O) groups excluding carboxylic acids is 1. The van der Waals surface area contributed by atoms with E-state index in [0.29, 0.717) is 31.7 Å². The van der Waals surface area contributed by atoms with E-state index >= 15 is 0 Å². The van der Waals surface area contributed by atoms with E-state index in [0.717, 1.165) is 18.5 Å². The Hall–Kier alpha value is -1.89. The predicted molar refractivity (Wildman–Crippen MR) is 63.6 cm³/mol. The summed E-state index contributed by atoms with van der Waals surface area (Å²) in [7, 11) is 0. The summed E-state index contributed by atoms with van der Waals surface area (Å²) in [6.07, 6.45) is 1.90. The minimum atomic E-state index is -1.07. The molecule has 7 nitrogen and oxygen atoms in total. The van der Waals surface area contributed by atoms with Crippen LogP contribution >= 0.6 is 0 Å². The molecule has 1 atom stereocenters. The van der Waals surface area contributed by atoms with Crippen LogP contribution in [0.1, 0.15) is 34.6 Å². The van der Waals surface area contributed by atoms with Crippen LogP contribution in [0, 0.1) is 0 Å². The molecule has 0 aromatic carbocycles. The smallest absolute Gasteiger partial charge is 0.356 e. The predicted octanol–water partition coefficient (Wildman–Crippen LogP) is 0.172. The first-order chi connectivity index (χ1) is 9.16. The van der Waals surface area contributed by atoms with Crippen LogP contribution in [0.4, 0.5) is 0 Å². The minimum absolute atomic E-state index is 0.0137. The van der Waals surface area contributed by atoms with Gasteiger partial charge in [-0.3, -0.25) is 9.89 Å². The van der Waals surface area contributed by atoms with Gasteiger partial charge in [0, 0.05) is 37.4 Å². The van der Waals surface area contributed by atoms with Gasteiger partial charge in [0.25, 0.3) is 5.91 Å². The van der Waals surface area contributed by atoms with Crippen LogP contribution in [-0.2, 0) is 22.5 Å². The number of aromatic amines is 1. The molecular formula is C12H15N3O4. The molecule has 0 saturated carbocycles. The van der Waals surface area contributed by atoms with Crippen LogP contribution in [0.25, 0.3) is 0 Å². The van der Waals surface area contributed by atoms with Gasteiger partial charge in [0.05, 0.1) is 0 Å². The molecule has 7 heteroatoms. The Bertz CT molecular complexity index is 519. The molecule has 2 aliphatic rings. The Morgan fingerprint density at radius 3 is 3.00 bits per heavy atom. The van der Waals surface area contributed by atoms with Crippen LogP contribution < -0.4 is 0 Å². The number of ether oxygens (including phenoxy) is 1. The maximum absolute atomic E-state index is 12.2. The molecule has 0 bridgehead atoms. The number of hydrogen-bond donors (Lipinski definition) is 2. The lowest BCUT2D eigenvalue weighted by Gasteiger charge is -2.28. The quantitative estimate of drug-likeness (QED) is 0.794. The third-order valence-electron chi connectivity index (χ3n) is 3.65. The van der Waals surface area contributed by atoms with Crippen LogP contribution in [0.15, 0.2) is 0 Å². The second kappa shape index (κ2) is 4.65. The molecule has 0 spiro atoms. The molecule has 1 aromatic rings. The van der Waals surface area contributed by atoms with Crippen molar-refractivity contribution in [2.45, 2.75) is 31.9 Å². The summed E-state index contributed by atoms with van der Waals surface area (Å²) >= 11 is 0. The number of carboxylic acids is 1. The largest absolute Gasteiger partial charge is 0.476 e. The van der Waals surface area contributed by atoms with Gasteiger partial charge in [-0.2, -0.15) is 5.10 Å². The molecule has 1 amide bonds. The fraction of sp³-hybridized carbons (Fsp3) is 0.583. The van der Waals surface area contributed by atoms with E-state index in [2.05, 4.69) is 10.2 Å². The molecule has 0 aliphatic carbocycles. The van der Waals surface area contributed by atoms with E-state index in [-0.39, 0.29) is 17.7 Å². The molecule has 19 heavy (non-hydrogen) atoms. The molecule has 3 heterocycles. The summed E-state index contributed by atoms with van der Waals surface area (Å²) in [5.74, 6) is -1.11. The standard InChI is InChI=1S/C12H15N3O4/c16-11(9-2-1-5-19-9)15-4-3-8-7(6-15)10(12(17)18)14-13-8/h9H,1-6H2,(H,13,14)(H,17,18). The van der Waals surface area contributed by atoms with Gasteiger partial charge >= 0.3 is 5.97 Å². The SMILES string of the molecule is O=C(O)c1n[nH]c2c1CN(C(=O)C1CCCO1)CC2. The molecule has 1 saturated heterocycles. The van der Waals surface area contributed by atoms with Gasteiger partial charge in [-0.05, 0) is 12.8 Å². The highest BCUT2D eigenvalue weighted by Crippen LogP contribution is 2.23. The Balaban J connectivity index is 1.79. The summed E-state index contributed by atoms with van der Waals surface area (Å²) in [4.78, 5) is 25.0. The lowest BCUT2D eigenvalue weighted by molar-refractivity contribution is -0.141. The fourth-order valence-corrected chi connectivity index (χ4v) is 2.64. The highest BCUT2D eigenvalue weighted by Gasteiger charge is 2.32. The van der Waals surface area contributed by atoms with Gasteiger partial charge in [0.2, 0.25) is 0 Å². The molecule has 102 valence electrons. The molecule has 3 rings (SSSR count). The topological polar surface area (TPSA) is 95.5 Å². The summed E-state index contributed by atoms with van der Waals surface area (Å²) in [6.45, 7) is 1.50. The molecule has 2 N–H and O–H groups in total. The first kappa shape index (κ1) is 12.2. The summed E-state index contributed by atoms with van der Waals surface area (Å²) in [6, 6.07) is 0. The van der Waals surface area contributed by atoms with E-state index < -0.39 is 5.97 Å². The van der Waals surface area contributed by atoms with Crippen molar-refractivity contribution in [1.29, 1.82) is 0 Å². The van der Waals surface area contributed by atoms with Crippen molar-refractivity contribution < 1.29 is 19.4 Å². The third-order valence-corrected chi connectivity index (χ3v) is 3.65. The minimum Gasteiger partial charge on any atom is -0.476 e. The highest BCUT2D eigenvalue weighted by molar-refractivity contribution is 5.88. The van der Waals surface area contributed by atoms with Crippen LogP contribution in [0.2, 0.25) is 0 Å². The van der Waals surface area contributed by atoms with Gasteiger partial charge in [0.1, 0.15) is 6.10 Å². The number of carbonyl (C=O) groups is 2. The third kappa shape index (κ3) is 2.10. The van der Waals surface area contributed by atoms with Gasteiger partial charge in [-0.25, -0.2) is 4.79 Å². The van der Waals surface area contributed by atoms with Crippen molar-refractivity contribution in [2.24, 2.45) is 0 Å². The van der Waals surface area contributed by atoms with E-state index in [1.165, 1.54) is 0 Å². The Kier molecular flexibility index (Phi) is 2.98. The maximum atomic E-state index is 12.2. The van der Waals surface area contributed by atoms with Crippen molar-refractivity contribution >= 4 is 11.9 Å². The van der Waals surface area contributed by atoms with Crippen molar-refractivity contribution in [3.63, 3.8) is 0 Å². The number of amides is 1. The first-order valence-corrected chi connectivity index (χ1v) is 6.36. The highest BCUT2D eigenvalue weighted by atomic mass is 16.5. The Labute approximate surface area is 109 Å². The molecule has 2 aliphatic heterocycles. The normalized spacial score (nSPS) is 22.3. The Morgan fingerprint density at radius 1 is 1.47 bits per heavy atom. The number of hydrogen-bond acceptors (Lipinski definition) is 4. The van der Waals surface area contributed by atoms with Crippen molar-refractivity contribution in [3.05, 3.63) is 17.0 Å². The molecular weight excluding hydrogens is 250 g/mol. The van der Waals surface area contributed by atoms with Gasteiger partial charge in [0.15, 0.2) is 5.69 Å². The number of nitrogens with zero attached hydrogens (tertiary/aromatic N) is 2. The van der Waals surface area contributed by atoms with Crippen LogP contribution in [-0.4, -0.2) is 51.3 Å². The molecule has 1 aromatic heterocycles. The lowest BCUT2D eigenvalue weighted by Crippen LogP contribution is -2.42. The average molecular weight is 265 g/mol. The van der Waals surface area contributed by atoms with E-state index in [9.17, 15) is 9.59 Å². The van der Waals surface area contributed by atoms with Crippen molar-refractivity contribution in [1.82, 2.24) is 15.1 Å². The number of nitrogens with one attached hydrogen (secondary N) is 1. The zero-order chi connectivity index (χ0) is 13.4. The average Bonchev–Trinajstić information content (AvgIpc) is 3.06. The zero-order valence-electron chi connectivity index (χ0n) is 10.4. The fourth-order valence-electron chi connectivity index (χ4n) is 2.64. The Morgan fingerprint density at radius 2 is 2.32 bits per heavy atom. The van der Waals surface area contributed by atoms with Crippen molar-refractivity contribution in [3.8, 4) is 0 Å². The molecule has 1 unspecified atom stereocenters. The second-order valence-electron chi connectivity index (χ2n) is 4.85. The number of carboxylic acid groups (broad SMARTS) is 1. The molecule has 0 radical (unpaired) electrons. The maximum Gasteiger partial charge on any atom is 0.356 e. The summed E-state index contributed by atoms with van der Waals surface area (Å²) < 4.78 is 5.38. The number of fused-ring (bicyclic) bond motifs is 1. The number of aromatic nitrogens is 2. The van der Waals surface area contributed by atoms with Crippen molar-refractivity contribution in [2.75, 3.05) is 13.2 Å². The second-order valence-corrected chi connectivity index (χ2v) is 4.85.